The van der Waals surface area contributed by atoms with E-state index in [2.05, 4.69) is 48.8 Å². The number of hydrogen-bond donors (Lipinski definition) is 1. The average molecular weight is 447 g/mol. The molecular weight excluding hydrogens is 435 g/mol. The quantitative estimate of drug-likeness (QED) is 0.732. The zero-order valence-electron chi connectivity index (χ0n) is 10.7. The van der Waals surface area contributed by atoms with E-state index in [0.29, 0.717) is 18.0 Å². The van der Waals surface area contributed by atoms with Crippen LogP contribution < -0.4 is 10.1 Å². The number of halogens is 2. The third-order valence-electron chi connectivity index (χ3n) is 2.63. The molecule has 2 rings (SSSR count). The lowest BCUT2D eigenvalue weighted by atomic mass is 10.2. The van der Waals surface area contributed by atoms with Gasteiger partial charge in [-0.25, -0.2) is 4.98 Å². The van der Waals surface area contributed by atoms with Gasteiger partial charge in [-0.05, 0) is 46.4 Å². The van der Waals surface area contributed by atoms with Gasteiger partial charge in [0.1, 0.15) is 0 Å². The van der Waals surface area contributed by atoms with Crippen molar-refractivity contribution in [1.82, 2.24) is 10.3 Å². The summed E-state index contributed by atoms with van der Waals surface area (Å²) in [4.78, 5) is 16.2. The van der Waals surface area contributed by atoms with Crippen LogP contribution in [-0.2, 0) is 6.54 Å². The van der Waals surface area contributed by atoms with Gasteiger partial charge in [0, 0.05) is 26.9 Å². The van der Waals surface area contributed by atoms with Gasteiger partial charge in [0.15, 0.2) is 0 Å². The van der Waals surface area contributed by atoms with E-state index in [1.807, 2.05) is 24.3 Å². The van der Waals surface area contributed by atoms with Gasteiger partial charge in [-0.3, -0.25) is 4.79 Å². The van der Waals surface area contributed by atoms with Gasteiger partial charge in [0.2, 0.25) is 5.88 Å². The number of hydrogen-bond acceptors (Lipinski definition) is 3. The van der Waals surface area contributed by atoms with Crippen LogP contribution in [0.5, 0.6) is 5.88 Å². The number of benzene rings is 1. The van der Waals surface area contributed by atoms with Gasteiger partial charge in [-0.15, -0.1) is 0 Å². The molecule has 0 aliphatic carbocycles. The fourth-order valence-electron chi connectivity index (χ4n) is 1.59. The average Bonchev–Trinajstić information content (AvgIpc) is 2.47. The maximum atomic E-state index is 12.1. The number of rotatable bonds is 4. The molecule has 0 saturated carbocycles. The molecule has 0 spiro atoms. The van der Waals surface area contributed by atoms with Crippen LogP contribution in [0, 0.1) is 3.57 Å². The zero-order valence-corrected chi connectivity index (χ0v) is 14.4. The highest BCUT2D eigenvalue weighted by Gasteiger charge is 2.10. The second kappa shape index (κ2) is 7.03. The van der Waals surface area contributed by atoms with E-state index in [1.54, 1.807) is 19.4 Å². The highest BCUT2D eigenvalue weighted by Crippen LogP contribution is 2.18. The van der Waals surface area contributed by atoms with E-state index in [9.17, 15) is 4.79 Å². The van der Waals surface area contributed by atoms with Crippen LogP contribution in [0.15, 0.2) is 41.0 Å². The van der Waals surface area contributed by atoms with Crippen LogP contribution >= 0.6 is 38.5 Å². The molecule has 0 atom stereocenters. The van der Waals surface area contributed by atoms with E-state index in [-0.39, 0.29) is 5.91 Å². The molecule has 1 heterocycles. The molecular formula is C14H12BrIN2O2. The summed E-state index contributed by atoms with van der Waals surface area (Å²) in [5, 5.41) is 2.88. The third kappa shape index (κ3) is 3.92. The lowest BCUT2D eigenvalue weighted by molar-refractivity contribution is 0.0950. The van der Waals surface area contributed by atoms with Crippen molar-refractivity contribution >= 4 is 44.4 Å². The Morgan fingerprint density at radius 3 is 2.85 bits per heavy atom. The van der Waals surface area contributed by atoms with Crippen molar-refractivity contribution in [2.75, 3.05) is 7.11 Å². The Kier molecular flexibility index (Phi) is 5.36. The Labute approximate surface area is 139 Å². The fraction of sp³-hybridized carbons (Fsp3) is 0.143. The van der Waals surface area contributed by atoms with Crippen LogP contribution in [0.2, 0.25) is 0 Å². The van der Waals surface area contributed by atoms with Gasteiger partial charge in [-0.2, -0.15) is 0 Å². The van der Waals surface area contributed by atoms with E-state index < -0.39 is 0 Å². The Balaban J connectivity index is 2.02. The summed E-state index contributed by atoms with van der Waals surface area (Å²) in [5.74, 6) is 0.452. The fourth-order valence-corrected chi connectivity index (χ4v) is 2.53. The second-order valence-electron chi connectivity index (χ2n) is 4.02. The summed E-state index contributed by atoms with van der Waals surface area (Å²) in [7, 11) is 1.57. The van der Waals surface area contributed by atoms with Gasteiger partial charge in [0.25, 0.3) is 5.91 Å². The van der Waals surface area contributed by atoms with Gasteiger partial charge in [-0.1, -0.05) is 22.0 Å². The van der Waals surface area contributed by atoms with Crippen LogP contribution in [-0.4, -0.2) is 18.0 Å². The zero-order chi connectivity index (χ0) is 14.5. The van der Waals surface area contributed by atoms with Crippen LogP contribution in [0.25, 0.3) is 0 Å². The highest BCUT2D eigenvalue weighted by molar-refractivity contribution is 14.1. The van der Waals surface area contributed by atoms with Gasteiger partial charge in [0.05, 0.1) is 12.7 Å². The summed E-state index contributed by atoms with van der Waals surface area (Å²) in [6, 6.07) is 9.26. The SMILES string of the molecule is COc1ccc(CNC(=O)c2cc(Br)ccc2I)cn1. The number of amides is 1. The first-order valence-electron chi connectivity index (χ1n) is 5.82. The minimum atomic E-state index is -0.105. The molecule has 1 aromatic carbocycles. The Bertz CT molecular complexity index is 617. The Hall–Kier alpha value is -1.15. The molecule has 4 nitrogen and oxygen atoms in total. The number of nitrogens with one attached hydrogen (secondary N) is 1. The molecule has 1 amide bonds. The molecule has 0 fully saturated rings. The largest absolute Gasteiger partial charge is 0.481 e. The van der Waals surface area contributed by atoms with Gasteiger partial charge < -0.3 is 10.1 Å². The number of ether oxygens (including phenoxy) is 1. The summed E-state index contributed by atoms with van der Waals surface area (Å²) in [6.07, 6.45) is 1.69. The van der Waals surface area contributed by atoms with E-state index in [4.69, 9.17) is 4.74 Å². The molecule has 0 saturated heterocycles. The predicted octanol–water partition coefficient (Wildman–Crippen LogP) is 3.39. The first-order valence-corrected chi connectivity index (χ1v) is 7.69. The first kappa shape index (κ1) is 15.2. The van der Waals surface area contributed by atoms with Crippen LogP contribution in [0.1, 0.15) is 15.9 Å². The van der Waals surface area contributed by atoms with E-state index >= 15 is 0 Å². The summed E-state index contributed by atoms with van der Waals surface area (Å²) in [5.41, 5.74) is 1.57. The molecule has 0 aliphatic heterocycles. The molecule has 1 aromatic heterocycles. The minimum Gasteiger partial charge on any atom is -0.481 e. The second-order valence-corrected chi connectivity index (χ2v) is 6.09. The smallest absolute Gasteiger partial charge is 0.252 e. The molecule has 0 unspecified atom stereocenters. The van der Waals surface area contributed by atoms with Crippen molar-refractivity contribution in [1.29, 1.82) is 0 Å². The monoisotopic (exact) mass is 446 g/mol. The van der Waals surface area contributed by atoms with Gasteiger partial charge >= 0.3 is 0 Å². The van der Waals surface area contributed by atoms with Crippen molar-refractivity contribution < 1.29 is 9.53 Å². The van der Waals surface area contributed by atoms with Crippen molar-refractivity contribution in [3.05, 3.63) is 55.7 Å². The van der Waals surface area contributed by atoms with Crippen LogP contribution in [0.4, 0.5) is 0 Å². The molecule has 0 radical (unpaired) electrons. The topological polar surface area (TPSA) is 51.2 Å². The number of methoxy groups -OCH3 is 1. The summed E-state index contributed by atoms with van der Waals surface area (Å²) in [6.45, 7) is 0.429. The van der Waals surface area contributed by atoms with Crippen molar-refractivity contribution in [2.24, 2.45) is 0 Å². The number of aromatic nitrogens is 1. The normalized spacial score (nSPS) is 10.2. The molecule has 6 heteroatoms. The molecule has 104 valence electrons. The van der Waals surface area contributed by atoms with Crippen molar-refractivity contribution in [3.63, 3.8) is 0 Å². The number of pyridine rings is 1. The summed E-state index contributed by atoms with van der Waals surface area (Å²) < 4.78 is 6.78. The Morgan fingerprint density at radius 1 is 1.40 bits per heavy atom. The maximum absolute atomic E-state index is 12.1. The lowest BCUT2D eigenvalue weighted by Crippen LogP contribution is -2.23. The van der Waals surface area contributed by atoms with Crippen LogP contribution in [0.3, 0.4) is 0 Å². The molecule has 20 heavy (non-hydrogen) atoms. The Morgan fingerprint density at radius 2 is 2.20 bits per heavy atom. The van der Waals surface area contributed by atoms with E-state index in [0.717, 1.165) is 13.6 Å². The minimum absolute atomic E-state index is 0.105. The van der Waals surface area contributed by atoms with Crippen molar-refractivity contribution in [2.45, 2.75) is 6.54 Å². The number of carbonyl (C=O) groups excluding carboxylic acids is 1. The standard InChI is InChI=1S/C14H12BrIN2O2/c1-20-13-5-2-9(7-17-13)8-18-14(19)11-6-10(15)3-4-12(11)16/h2-7H,8H2,1H3,(H,18,19). The highest BCUT2D eigenvalue weighted by atomic mass is 127. The first-order chi connectivity index (χ1) is 9.60. The predicted molar refractivity (Wildman–Crippen MR) is 88.8 cm³/mol. The lowest BCUT2D eigenvalue weighted by Gasteiger charge is -2.08. The number of carbonyl (C=O) groups is 1. The maximum Gasteiger partial charge on any atom is 0.252 e. The van der Waals surface area contributed by atoms with Crippen molar-refractivity contribution in [3.8, 4) is 5.88 Å². The van der Waals surface area contributed by atoms with E-state index in [1.165, 1.54) is 0 Å². The molecule has 0 bridgehead atoms. The summed E-state index contributed by atoms with van der Waals surface area (Å²) >= 11 is 5.51. The molecule has 2 aromatic rings. The number of nitrogens with zero attached hydrogens (tertiary/aromatic N) is 1. The molecule has 0 aliphatic rings. The molecule has 1 N–H and O–H groups in total. The third-order valence-corrected chi connectivity index (χ3v) is 4.07.